The SMILES string of the molecule is C[C@@H]1Cc2ccccc2N1CC(=O)N[C@@H](C)CCc1ccccc1. The summed E-state index contributed by atoms with van der Waals surface area (Å²) < 4.78 is 0. The molecule has 1 N–H and O–H groups in total. The number of benzene rings is 2. The van der Waals surface area contributed by atoms with Crippen molar-refractivity contribution in [2.24, 2.45) is 0 Å². The monoisotopic (exact) mass is 322 g/mol. The minimum absolute atomic E-state index is 0.110. The van der Waals surface area contributed by atoms with E-state index in [1.807, 2.05) is 12.1 Å². The fraction of sp³-hybridized carbons (Fsp3) is 0.381. The summed E-state index contributed by atoms with van der Waals surface area (Å²) in [5.74, 6) is 0.110. The Kier molecular flexibility index (Phi) is 5.19. The van der Waals surface area contributed by atoms with Crippen molar-refractivity contribution >= 4 is 11.6 Å². The van der Waals surface area contributed by atoms with E-state index in [1.165, 1.54) is 16.8 Å². The molecule has 2 atom stereocenters. The minimum atomic E-state index is 0.110. The average molecular weight is 322 g/mol. The maximum atomic E-state index is 12.4. The molecule has 0 radical (unpaired) electrons. The summed E-state index contributed by atoms with van der Waals surface area (Å²) in [6.45, 7) is 4.71. The zero-order chi connectivity index (χ0) is 16.9. The second-order valence-corrected chi connectivity index (χ2v) is 6.80. The highest BCUT2D eigenvalue weighted by Gasteiger charge is 2.27. The average Bonchev–Trinajstić information content (AvgIpc) is 2.90. The molecule has 0 saturated carbocycles. The Morgan fingerprint density at radius 3 is 2.67 bits per heavy atom. The lowest BCUT2D eigenvalue weighted by atomic mass is 10.1. The van der Waals surface area contributed by atoms with Crippen LogP contribution in [0.25, 0.3) is 0 Å². The van der Waals surface area contributed by atoms with Crippen LogP contribution in [0, 0.1) is 0 Å². The van der Waals surface area contributed by atoms with Crippen LogP contribution in [-0.4, -0.2) is 24.5 Å². The Morgan fingerprint density at radius 2 is 1.88 bits per heavy atom. The van der Waals surface area contributed by atoms with Crippen LogP contribution in [0.5, 0.6) is 0 Å². The van der Waals surface area contributed by atoms with Crippen molar-refractivity contribution in [1.82, 2.24) is 5.32 Å². The van der Waals surface area contributed by atoms with E-state index in [9.17, 15) is 4.79 Å². The molecule has 0 spiro atoms. The molecule has 3 nitrogen and oxygen atoms in total. The lowest BCUT2D eigenvalue weighted by Crippen LogP contribution is -2.43. The number of carbonyl (C=O) groups is 1. The van der Waals surface area contributed by atoms with Crippen LogP contribution >= 0.6 is 0 Å². The molecule has 0 unspecified atom stereocenters. The highest BCUT2D eigenvalue weighted by Crippen LogP contribution is 2.31. The first-order valence-corrected chi connectivity index (χ1v) is 8.81. The number of para-hydroxylation sites is 1. The predicted octanol–water partition coefficient (Wildman–Crippen LogP) is 3.58. The van der Waals surface area contributed by atoms with E-state index in [2.05, 4.69) is 66.5 Å². The Balaban J connectivity index is 1.50. The maximum absolute atomic E-state index is 12.4. The van der Waals surface area contributed by atoms with Gasteiger partial charge in [0.25, 0.3) is 0 Å². The Bertz CT molecular complexity index is 683. The number of nitrogens with zero attached hydrogens (tertiary/aromatic N) is 1. The summed E-state index contributed by atoms with van der Waals surface area (Å²) in [5.41, 5.74) is 3.87. The van der Waals surface area contributed by atoms with Gasteiger partial charge in [-0.05, 0) is 50.3 Å². The molecule has 1 heterocycles. The molecule has 126 valence electrons. The summed E-state index contributed by atoms with van der Waals surface area (Å²) >= 11 is 0. The van der Waals surface area contributed by atoms with Gasteiger partial charge in [-0.25, -0.2) is 0 Å². The second kappa shape index (κ2) is 7.52. The maximum Gasteiger partial charge on any atom is 0.239 e. The number of hydrogen-bond donors (Lipinski definition) is 1. The summed E-state index contributed by atoms with van der Waals surface area (Å²) in [6, 6.07) is 19.4. The van der Waals surface area contributed by atoms with Gasteiger partial charge in [0.2, 0.25) is 5.91 Å². The van der Waals surface area contributed by atoms with Crippen molar-refractivity contribution < 1.29 is 4.79 Å². The van der Waals surface area contributed by atoms with E-state index in [4.69, 9.17) is 0 Å². The molecule has 1 aliphatic rings. The molecule has 3 rings (SSSR count). The number of fused-ring (bicyclic) bond motifs is 1. The molecule has 1 aliphatic heterocycles. The first kappa shape index (κ1) is 16.6. The molecule has 2 aromatic carbocycles. The fourth-order valence-electron chi connectivity index (χ4n) is 3.45. The topological polar surface area (TPSA) is 32.3 Å². The molecule has 0 bridgehead atoms. The first-order chi connectivity index (χ1) is 11.6. The predicted molar refractivity (Wildman–Crippen MR) is 99.3 cm³/mol. The first-order valence-electron chi connectivity index (χ1n) is 8.81. The van der Waals surface area contributed by atoms with E-state index >= 15 is 0 Å². The lowest BCUT2D eigenvalue weighted by molar-refractivity contribution is -0.120. The third-order valence-corrected chi connectivity index (χ3v) is 4.78. The van der Waals surface area contributed by atoms with Crippen molar-refractivity contribution in [1.29, 1.82) is 0 Å². The summed E-state index contributed by atoms with van der Waals surface area (Å²) in [5, 5.41) is 3.15. The van der Waals surface area contributed by atoms with Crippen molar-refractivity contribution in [2.45, 2.75) is 45.2 Å². The van der Waals surface area contributed by atoms with Crippen LogP contribution in [0.15, 0.2) is 54.6 Å². The molecular weight excluding hydrogens is 296 g/mol. The Hall–Kier alpha value is -2.29. The van der Waals surface area contributed by atoms with Gasteiger partial charge in [-0.1, -0.05) is 48.5 Å². The van der Waals surface area contributed by atoms with Gasteiger partial charge in [-0.2, -0.15) is 0 Å². The third-order valence-electron chi connectivity index (χ3n) is 4.78. The van der Waals surface area contributed by atoms with E-state index in [1.54, 1.807) is 0 Å². The smallest absolute Gasteiger partial charge is 0.239 e. The molecule has 0 fully saturated rings. The molecule has 0 aromatic heterocycles. The molecule has 0 saturated heterocycles. The summed E-state index contributed by atoms with van der Waals surface area (Å²) in [4.78, 5) is 14.6. The molecule has 1 amide bonds. The van der Waals surface area contributed by atoms with Gasteiger partial charge in [0, 0.05) is 17.8 Å². The normalized spacial score (nSPS) is 17.4. The van der Waals surface area contributed by atoms with E-state index in [0.717, 1.165) is 19.3 Å². The quantitative estimate of drug-likeness (QED) is 0.882. The number of aryl methyl sites for hydroxylation is 1. The number of carbonyl (C=O) groups excluding carboxylic acids is 1. The van der Waals surface area contributed by atoms with Crippen LogP contribution in [0.4, 0.5) is 5.69 Å². The largest absolute Gasteiger partial charge is 0.359 e. The Labute approximate surface area is 144 Å². The molecule has 24 heavy (non-hydrogen) atoms. The van der Waals surface area contributed by atoms with Crippen LogP contribution in [0.1, 0.15) is 31.4 Å². The fourth-order valence-corrected chi connectivity index (χ4v) is 3.45. The minimum Gasteiger partial charge on any atom is -0.359 e. The van der Waals surface area contributed by atoms with Crippen molar-refractivity contribution in [3.8, 4) is 0 Å². The van der Waals surface area contributed by atoms with E-state index in [0.29, 0.717) is 12.6 Å². The highest BCUT2D eigenvalue weighted by atomic mass is 16.2. The van der Waals surface area contributed by atoms with Gasteiger partial charge in [-0.3, -0.25) is 4.79 Å². The standard InChI is InChI=1S/C21H26N2O/c1-16(12-13-18-8-4-3-5-9-18)22-21(24)15-23-17(2)14-19-10-6-7-11-20(19)23/h3-11,16-17H,12-15H2,1-2H3,(H,22,24)/t16-,17+/m0/s1. The van der Waals surface area contributed by atoms with Crippen molar-refractivity contribution in [3.63, 3.8) is 0 Å². The van der Waals surface area contributed by atoms with Gasteiger partial charge in [0.15, 0.2) is 0 Å². The van der Waals surface area contributed by atoms with Gasteiger partial charge in [-0.15, -0.1) is 0 Å². The van der Waals surface area contributed by atoms with Crippen LogP contribution in [0.2, 0.25) is 0 Å². The van der Waals surface area contributed by atoms with Crippen LogP contribution < -0.4 is 10.2 Å². The number of hydrogen-bond acceptors (Lipinski definition) is 2. The number of anilines is 1. The number of nitrogens with one attached hydrogen (secondary N) is 1. The zero-order valence-electron chi connectivity index (χ0n) is 14.5. The third kappa shape index (κ3) is 3.97. The number of amides is 1. The van der Waals surface area contributed by atoms with Gasteiger partial charge in [0.05, 0.1) is 6.54 Å². The second-order valence-electron chi connectivity index (χ2n) is 6.80. The van der Waals surface area contributed by atoms with Gasteiger partial charge >= 0.3 is 0 Å². The molecular formula is C21H26N2O. The zero-order valence-corrected chi connectivity index (χ0v) is 14.5. The molecule has 3 heteroatoms. The Morgan fingerprint density at radius 1 is 1.17 bits per heavy atom. The van der Waals surface area contributed by atoms with E-state index in [-0.39, 0.29) is 11.9 Å². The van der Waals surface area contributed by atoms with Crippen molar-refractivity contribution in [2.75, 3.05) is 11.4 Å². The number of rotatable bonds is 6. The van der Waals surface area contributed by atoms with E-state index < -0.39 is 0 Å². The summed E-state index contributed by atoms with van der Waals surface area (Å²) in [6.07, 6.45) is 2.97. The van der Waals surface area contributed by atoms with Gasteiger partial charge < -0.3 is 10.2 Å². The molecule has 0 aliphatic carbocycles. The van der Waals surface area contributed by atoms with Gasteiger partial charge in [0.1, 0.15) is 0 Å². The van der Waals surface area contributed by atoms with Crippen molar-refractivity contribution in [3.05, 3.63) is 65.7 Å². The lowest BCUT2D eigenvalue weighted by Gasteiger charge is -2.25. The molecule has 2 aromatic rings. The highest BCUT2D eigenvalue weighted by molar-refractivity contribution is 5.82. The summed E-state index contributed by atoms with van der Waals surface area (Å²) in [7, 11) is 0. The van der Waals surface area contributed by atoms with Crippen LogP contribution in [-0.2, 0) is 17.6 Å². The van der Waals surface area contributed by atoms with Crippen LogP contribution in [0.3, 0.4) is 0 Å².